The molecule has 22 heavy (non-hydrogen) atoms. The van der Waals surface area contributed by atoms with Crippen LogP contribution in [0.15, 0.2) is 24.7 Å². The summed E-state index contributed by atoms with van der Waals surface area (Å²) in [6, 6.07) is 1.35. The molecule has 1 atom stereocenters. The summed E-state index contributed by atoms with van der Waals surface area (Å²) in [5.41, 5.74) is 1.10. The van der Waals surface area contributed by atoms with E-state index in [0.29, 0.717) is 37.6 Å². The molecule has 2 aromatic rings. The molecule has 3 heterocycles. The number of aliphatic hydroxyl groups is 1. The standard InChI is InChI=1S/C14H18FN5O2/c15-12-5-11(6-16-7-12)14-10-20(18-17-14)9-13(21)8-19-1-3-22-4-2-19/h5-7,10,13,21H,1-4,8-9H2. The van der Waals surface area contributed by atoms with Crippen LogP contribution in [0, 0.1) is 5.82 Å². The molecule has 0 spiro atoms. The first-order chi connectivity index (χ1) is 10.7. The average Bonchev–Trinajstić information content (AvgIpc) is 2.96. The van der Waals surface area contributed by atoms with Crippen molar-refractivity contribution in [2.45, 2.75) is 12.6 Å². The fourth-order valence-electron chi connectivity index (χ4n) is 2.43. The lowest BCUT2D eigenvalue weighted by atomic mass is 10.2. The van der Waals surface area contributed by atoms with Crippen LogP contribution in [0.5, 0.6) is 0 Å². The van der Waals surface area contributed by atoms with Gasteiger partial charge in [0.05, 0.1) is 38.3 Å². The Labute approximate surface area is 127 Å². The van der Waals surface area contributed by atoms with Crippen molar-refractivity contribution in [1.82, 2.24) is 24.9 Å². The van der Waals surface area contributed by atoms with Gasteiger partial charge >= 0.3 is 0 Å². The topological polar surface area (TPSA) is 76.3 Å². The predicted molar refractivity (Wildman–Crippen MR) is 76.5 cm³/mol. The van der Waals surface area contributed by atoms with Crippen molar-refractivity contribution >= 4 is 0 Å². The maximum Gasteiger partial charge on any atom is 0.142 e. The lowest BCUT2D eigenvalue weighted by Gasteiger charge is -2.28. The molecule has 2 aromatic heterocycles. The third-order valence-corrected chi connectivity index (χ3v) is 3.51. The number of nitrogens with zero attached hydrogens (tertiary/aromatic N) is 5. The van der Waals surface area contributed by atoms with Crippen molar-refractivity contribution in [2.75, 3.05) is 32.8 Å². The van der Waals surface area contributed by atoms with Gasteiger partial charge in [0, 0.05) is 31.4 Å². The van der Waals surface area contributed by atoms with Gasteiger partial charge in [-0.15, -0.1) is 5.10 Å². The van der Waals surface area contributed by atoms with Gasteiger partial charge in [-0.05, 0) is 6.07 Å². The zero-order valence-electron chi connectivity index (χ0n) is 12.1. The first-order valence-corrected chi connectivity index (χ1v) is 7.20. The number of pyridine rings is 1. The van der Waals surface area contributed by atoms with Crippen LogP contribution in [0.3, 0.4) is 0 Å². The van der Waals surface area contributed by atoms with E-state index in [1.165, 1.54) is 12.3 Å². The molecule has 1 aliphatic heterocycles. The van der Waals surface area contributed by atoms with E-state index in [1.807, 2.05) is 0 Å². The van der Waals surface area contributed by atoms with Crippen molar-refractivity contribution in [1.29, 1.82) is 0 Å². The summed E-state index contributed by atoms with van der Waals surface area (Å²) < 4.78 is 20.0. The molecule has 8 heteroatoms. The van der Waals surface area contributed by atoms with Crippen LogP contribution in [-0.4, -0.2) is 68.9 Å². The first kappa shape index (κ1) is 15.0. The molecule has 0 aromatic carbocycles. The van der Waals surface area contributed by atoms with Crippen molar-refractivity contribution in [3.05, 3.63) is 30.5 Å². The molecule has 3 rings (SSSR count). The van der Waals surface area contributed by atoms with Crippen LogP contribution in [0.4, 0.5) is 4.39 Å². The van der Waals surface area contributed by atoms with Crippen molar-refractivity contribution in [2.24, 2.45) is 0 Å². The van der Waals surface area contributed by atoms with Gasteiger partial charge < -0.3 is 9.84 Å². The van der Waals surface area contributed by atoms with Gasteiger partial charge in [-0.25, -0.2) is 9.07 Å². The SMILES string of the molecule is OC(CN1CCOCC1)Cn1cc(-c2cncc(F)c2)nn1. The Morgan fingerprint density at radius 1 is 1.27 bits per heavy atom. The summed E-state index contributed by atoms with van der Waals surface area (Å²) >= 11 is 0. The number of aromatic nitrogens is 4. The Kier molecular flexibility index (Phi) is 4.71. The number of rotatable bonds is 5. The fourth-order valence-corrected chi connectivity index (χ4v) is 2.43. The van der Waals surface area contributed by atoms with Gasteiger partial charge in [-0.3, -0.25) is 9.88 Å². The van der Waals surface area contributed by atoms with E-state index in [4.69, 9.17) is 4.74 Å². The number of halogens is 1. The van der Waals surface area contributed by atoms with E-state index >= 15 is 0 Å². The maximum absolute atomic E-state index is 13.2. The molecule has 0 bridgehead atoms. The summed E-state index contributed by atoms with van der Waals surface area (Å²) in [6.45, 7) is 3.97. The number of ether oxygens (including phenoxy) is 1. The molecule has 1 aliphatic rings. The van der Waals surface area contributed by atoms with Crippen LogP contribution in [0.2, 0.25) is 0 Å². The van der Waals surface area contributed by atoms with Crippen molar-refractivity contribution in [3.63, 3.8) is 0 Å². The van der Waals surface area contributed by atoms with Gasteiger partial charge in [0.15, 0.2) is 0 Å². The van der Waals surface area contributed by atoms with Crippen molar-refractivity contribution in [3.8, 4) is 11.3 Å². The van der Waals surface area contributed by atoms with Gasteiger partial charge in [0.1, 0.15) is 11.5 Å². The lowest BCUT2D eigenvalue weighted by Crippen LogP contribution is -2.42. The molecule has 0 amide bonds. The van der Waals surface area contributed by atoms with Crippen molar-refractivity contribution < 1.29 is 14.2 Å². The number of morpholine rings is 1. The van der Waals surface area contributed by atoms with Gasteiger partial charge in [-0.1, -0.05) is 5.21 Å². The van der Waals surface area contributed by atoms with E-state index in [2.05, 4.69) is 20.2 Å². The Morgan fingerprint density at radius 2 is 2.09 bits per heavy atom. The molecule has 1 saturated heterocycles. The second kappa shape index (κ2) is 6.91. The Balaban J connectivity index is 1.59. The molecular weight excluding hydrogens is 289 g/mol. The second-order valence-electron chi connectivity index (χ2n) is 5.28. The molecule has 1 N–H and O–H groups in total. The lowest BCUT2D eigenvalue weighted by molar-refractivity contribution is 0.0107. The molecule has 0 saturated carbocycles. The molecule has 118 valence electrons. The molecular formula is C14H18FN5O2. The van der Waals surface area contributed by atoms with Crippen LogP contribution < -0.4 is 0 Å². The summed E-state index contributed by atoms with van der Waals surface area (Å²) in [5.74, 6) is -0.417. The van der Waals surface area contributed by atoms with E-state index in [1.54, 1.807) is 10.9 Å². The highest BCUT2D eigenvalue weighted by Gasteiger charge is 2.16. The Morgan fingerprint density at radius 3 is 2.86 bits per heavy atom. The third-order valence-electron chi connectivity index (χ3n) is 3.51. The smallest absolute Gasteiger partial charge is 0.142 e. The van der Waals surface area contributed by atoms with Crippen LogP contribution in [-0.2, 0) is 11.3 Å². The van der Waals surface area contributed by atoms with Crippen LogP contribution in [0.1, 0.15) is 0 Å². The highest BCUT2D eigenvalue weighted by molar-refractivity contribution is 5.55. The highest BCUT2D eigenvalue weighted by atomic mass is 19.1. The number of hydrogen-bond donors (Lipinski definition) is 1. The molecule has 7 nitrogen and oxygen atoms in total. The van der Waals surface area contributed by atoms with Gasteiger partial charge in [0.25, 0.3) is 0 Å². The normalized spacial score (nSPS) is 17.5. The zero-order valence-corrected chi connectivity index (χ0v) is 12.1. The van der Waals surface area contributed by atoms with Gasteiger partial charge in [0.2, 0.25) is 0 Å². The quantitative estimate of drug-likeness (QED) is 0.849. The van der Waals surface area contributed by atoms with Crippen LogP contribution in [0.25, 0.3) is 11.3 Å². The minimum atomic E-state index is -0.543. The maximum atomic E-state index is 13.2. The molecule has 1 fully saturated rings. The summed E-state index contributed by atoms with van der Waals surface area (Å²) in [5, 5.41) is 18.1. The fraction of sp³-hybridized carbons (Fsp3) is 0.500. The second-order valence-corrected chi connectivity index (χ2v) is 5.28. The highest BCUT2D eigenvalue weighted by Crippen LogP contribution is 2.15. The minimum absolute atomic E-state index is 0.340. The summed E-state index contributed by atoms with van der Waals surface area (Å²) in [7, 11) is 0. The number of hydrogen-bond acceptors (Lipinski definition) is 6. The zero-order chi connectivity index (χ0) is 15.4. The molecule has 0 radical (unpaired) electrons. The summed E-state index contributed by atoms with van der Waals surface area (Å²) in [4.78, 5) is 5.94. The molecule has 0 aliphatic carbocycles. The minimum Gasteiger partial charge on any atom is -0.390 e. The molecule has 1 unspecified atom stereocenters. The number of β-amino-alcohol motifs (C(OH)–C–C–N with tert-alkyl or cyclic N) is 1. The monoisotopic (exact) mass is 307 g/mol. The number of aliphatic hydroxyl groups excluding tert-OH is 1. The Hall–Kier alpha value is -1.90. The summed E-state index contributed by atoms with van der Waals surface area (Å²) in [6.07, 6.45) is 3.80. The Bertz CT molecular complexity index is 615. The van der Waals surface area contributed by atoms with E-state index in [-0.39, 0.29) is 0 Å². The van der Waals surface area contributed by atoms with Crippen LogP contribution >= 0.6 is 0 Å². The predicted octanol–water partition coefficient (Wildman–Crippen LogP) is 0.172. The largest absolute Gasteiger partial charge is 0.390 e. The van der Waals surface area contributed by atoms with E-state index in [9.17, 15) is 9.50 Å². The van der Waals surface area contributed by atoms with Gasteiger partial charge in [-0.2, -0.15) is 0 Å². The third kappa shape index (κ3) is 3.85. The van der Waals surface area contributed by atoms with E-state index < -0.39 is 11.9 Å². The first-order valence-electron chi connectivity index (χ1n) is 7.20. The average molecular weight is 307 g/mol. The van der Waals surface area contributed by atoms with E-state index in [0.717, 1.165) is 19.3 Å².